The molecule has 11 N–H and O–H groups in total. The highest BCUT2D eigenvalue weighted by Gasteiger charge is 2.57. The molecule has 0 radical (unpaired) electrons. The summed E-state index contributed by atoms with van der Waals surface area (Å²) < 4.78 is 30.4. The fourth-order valence-corrected chi connectivity index (χ4v) is 8.12. The summed E-state index contributed by atoms with van der Waals surface area (Å²) in [4.78, 5) is 31.7. The van der Waals surface area contributed by atoms with Crippen molar-refractivity contribution in [2.45, 2.75) is 127 Å². The number of hydrogen-bond acceptors (Lipinski definition) is 14. The van der Waals surface area contributed by atoms with E-state index < -0.39 is 73.2 Å². The zero-order valence-corrected chi connectivity index (χ0v) is 33.9. The van der Waals surface area contributed by atoms with Crippen LogP contribution in [-0.2, 0) is 33.3 Å². The van der Waals surface area contributed by atoms with Crippen LogP contribution in [0.1, 0.15) is 78.1 Å². The summed E-state index contributed by atoms with van der Waals surface area (Å²) in [7, 11) is 0. The van der Waals surface area contributed by atoms with Gasteiger partial charge in [0.1, 0.15) is 43.2 Å². The third-order valence-corrected chi connectivity index (χ3v) is 11.2. The SMILES string of the molecule is CC(C)OC1C(OC2OC=C(C(=O)OC3CCCC3)C(C=CC3=C[NH+](CCO)CC(C(=O)O)=C3NC(N)=NCCCO)C2C=C2CCCCC2)OC(CO)C(O)C1(O)O. The van der Waals surface area contributed by atoms with Crippen LogP contribution in [-0.4, -0.2) is 142 Å². The number of aliphatic hydroxyl groups excluding tert-OH is 4. The lowest BCUT2D eigenvalue weighted by atomic mass is 9.80. The van der Waals surface area contributed by atoms with Gasteiger partial charge in [0, 0.05) is 19.1 Å². The Labute approximate surface area is 344 Å². The number of aliphatic imine (C=N–C) groups is 1. The first-order valence-corrected chi connectivity index (χ1v) is 20.7. The van der Waals surface area contributed by atoms with Gasteiger partial charge in [0.25, 0.3) is 0 Å². The quantitative estimate of drug-likeness (QED) is 0.0218. The van der Waals surface area contributed by atoms with Gasteiger partial charge in [0.15, 0.2) is 18.4 Å². The summed E-state index contributed by atoms with van der Waals surface area (Å²) >= 11 is 0. The fourth-order valence-electron chi connectivity index (χ4n) is 8.12. The molecule has 8 atom stereocenters. The molecule has 5 rings (SSSR count). The molecule has 18 nitrogen and oxygen atoms in total. The van der Waals surface area contributed by atoms with Crippen molar-refractivity contribution in [3.8, 4) is 0 Å². The Morgan fingerprint density at radius 2 is 1.81 bits per heavy atom. The molecule has 0 aromatic heterocycles. The molecule has 0 bridgehead atoms. The molecular weight excluding hydrogens is 772 g/mol. The monoisotopic (exact) mass is 835 g/mol. The second kappa shape index (κ2) is 21.7. The van der Waals surface area contributed by atoms with Crippen molar-refractivity contribution < 1.29 is 73.9 Å². The van der Waals surface area contributed by atoms with Gasteiger partial charge in [-0.05, 0) is 71.6 Å². The first-order valence-electron chi connectivity index (χ1n) is 20.7. The van der Waals surface area contributed by atoms with E-state index in [-0.39, 0.29) is 61.8 Å². The zero-order valence-electron chi connectivity index (χ0n) is 33.9. The minimum atomic E-state index is -2.91. The van der Waals surface area contributed by atoms with E-state index in [2.05, 4.69) is 10.3 Å². The summed E-state index contributed by atoms with van der Waals surface area (Å²) in [6.07, 6.45) is 7.68. The molecule has 3 heterocycles. The zero-order chi connectivity index (χ0) is 42.7. The van der Waals surface area contributed by atoms with E-state index >= 15 is 0 Å². The molecule has 5 aliphatic rings. The number of quaternary nitrogens is 1. The van der Waals surface area contributed by atoms with Crippen molar-refractivity contribution in [3.63, 3.8) is 0 Å². The van der Waals surface area contributed by atoms with Crippen molar-refractivity contribution in [1.29, 1.82) is 0 Å². The molecule has 3 fully saturated rings. The number of nitrogens with two attached hydrogens (primary N) is 1. The summed E-state index contributed by atoms with van der Waals surface area (Å²) in [5.74, 6) is -6.43. The summed E-state index contributed by atoms with van der Waals surface area (Å²) in [5.41, 5.74) is 7.94. The number of ether oxygens (including phenoxy) is 5. The number of nitrogens with zero attached hydrogens (tertiary/aromatic N) is 1. The Kier molecular flexibility index (Phi) is 17.1. The number of nitrogens with one attached hydrogen (secondary N) is 2. The number of allylic oxidation sites excluding steroid dienone is 3. The molecule has 18 heteroatoms. The lowest BCUT2D eigenvalue weighted by Crippen LogP contribution is -3.09. The van der Waals surface area contributed by atoms with Gasteiger partial charge in [-0.15, -0.1) is 0 Å². The van der Waals surface area contributed by atoms with E-state index in [1.165, 1.54) is 6.26 Å². The average Bonchev–Trinajstić information content (AvgIpc) is 3.71. The molecule has 2 aliphatic carbocycles. The highest BCUT2D eigenvalue weighted by Crippen LogP contribution is 2.41. The van der Waals surface area contributed by atoms with E-state index in [4.69, 9.17) is 29.4 Å². The van der Waals surface area contributed by atoms with Gasteiger partial charge in [-0.1, -0.05) is 30.2 Å². The van der Waals surface area contributed by atoms with E-state index in [9.17, 15) is 45.3 Å². The van der Waals surface area contributed by atoms with Crippen LogP contribution in [0.25, 0.3) is 0 Å². The Morgan fingerprint density at radius 3 is 2.46 bits per heavy atom. The molecule has 2 saturated carbocycles. The van der Waals surface area contributed by atoms with E-state index in [1.807, 2.05) is 6.08 Å². The molecule has 0 spiro atoms. The van der Waals surface area contributed by atoms with Crippen LogP contribution in [0.5, 0.6) is 0 Å². The number of esters is 1. The third kappa shape index (κ3) is 12.0. The lowest BCUT2D eigenvalue weighted by Gasteiger charge is -2.48. The topological polar surface area (TPSA) is 277 Å². The molecule has 330 valence electrons. The number of carbonyl (C=O) groups is 2. The van der Waals surface area contributed by atoms with E-state index in [1.54, 1.807) is 32.2 Å². The Morgan fingerprint density at radius 1 is 1.08 bits per heavy atom. The summed E-state index contributed by atoms with van der Waals surface area (Å²) in [5, 5.41) is 75.4. The number of rotatable bonds is 17. The maximum absolute atomic E-state index is 14.1. The minimum Gasteiger partial charge on any atom is -0.478 e. The average molecular weight is 836 g/mol. The first kappa shape index (κ1) is 46.4. The number of aliphatic hydroxyl groups is 6. The summed E-state index contributed by atoms with van der Waals surface area (Å²) in [6, 6.07) is 0. The first-order chi connectivity index (χ1) is 28.3. The molecule has 3 aliphatic heterocycles. The number of guanidine groups is 1. The number of hydrogen-bond donors (Lipinski definition) is 10. The van der Waals surface area contributed by atoms with Crippen molar-refractivity contribution in [2.24, 2.45) is 22.6 Å². The Balaban J connectivity index is 1.61. The Hall–Kier alpha value is -3.69. The molecule has 59 heavy (non-hydrogen) atoms. The van der Waals surface area contributed by atoms with Crippen LogP contribution in [0.3, 0.4) is 0 Å². The second-order valence-electron chi connectivity index (χ2n) is 16.0. The molecule has 8 unspecified atom stereocenters. The van der Waals surface area contributed by atoms with Crippen molar-refractivity contribution in [1.82, 2.24) is 5.32 Å². The van der Waals surface area contributed by atoms with Gasteiger partial charge in [-0.2, -0.15) is 0 Å². The molecule has 0 amide bonds. The van der Waals surface area contributed by atoms with Crippen LogP contribution in [0, 0.1) is 11.8 Å². The maximum atomic E-state index is 14.1. The standard InChI is InChI=1S/C41H62N4O14/c1-24(2)56-35-39(58-32(22-48)34(49)41(35,53)54)59-38-29(19-25-9-4-3-5-10-25)28(31(23-55-38)37(52)57-27-11-6-7-12-27)14-13-26-20-45(16-18-47)21-30(36(50)51)33(26)44-40(42)43-15-8-17-46/h13-14,19-20,23-24,27-29,32,34-35,38-39,46-49,53-54H,3-12,15-18,21-22H2,1-2H3,(H,50,51)(H3,42,43,44)/p+1. The van der Waals surface area contributed by atoms with Gasteiger partial charge >= 0.3 is 11.9 Å². The highest BCUT2D eigenvalue weighted by atomic mass is 16.8. The minimum absolute atomic E-state index is 0.0159. The molecule has 0 aromatic carbocycles. The molecular formula is C41H63N4O14+. The molecule has 0 aromatic rings. The van der Waals surface area contributed by atoms with Gasteiger partial charge in [-0.25, -0.2) is 9.59 Å². The predicted molar refractivity (Wildman–Crippen MR) is 210 cm³/mol. The number of carboxylic acid groups (broad SMARTS) is 1. The fraction of sp³-hybridized carbons (Fsp3) is 0.683. The van der Waals surface area contributed by atoms with Gasteiger partial charge in [0.2, 0.25) is 12.1 Å². The molecule has 1 saturated heterocycles. The van der Waals surface area contributed by atoms with Crippen LogP contribution >= 0.6 is 0 Å². The predicted octanol–water partition coefficient (Wildman–Crippen LogP) is -0.639. The van der Waals surface area contributed by atoms with E-state index in [0.717, 1.165) is 50.5 Å². The Bertz CT molecular complexity index is 1630. The summed E-state index contributed by atoms with van der Waals surface area (Å²) in [6.45, 7) is 2.61. The van der Waals surface area contributed by atoms with Gasteiger partial charge < -0.3 is 75.4 Å². The second-order valence-corrected chi connectivity index (χ2v) is 16.0. The van der Waals surface area contributed by atoms with Crippen molar-refractivity contribution in [2.75, 3.05) is 39.5 Å². The van der Waals surface area contributed by atoms with Crippen LogP contribution < -0.4 is 16.0 Å². The van der Waals surface area contributed by atoms with E-state index in [0.29, 0.717) is 29.7 Å². The third-order valence-electron chi connectivity index (χ3n) is 11.2. The smallest absolute Gasteiger partial charge is 0.339 e. The van der Waals surface area contributed by atoms with Gasteiger partial charge in [-0.3, -0.25) is 4.99 Å². The number of carbonyl (C=O) groups excluding carboxylic acids is 1. The van der Waals surface area contributed by atoms with Crippen LogP contribution in [0.4, 0.5) is 0 Å². The highest BCUT2D eigenvalue weighted by molar-refractivity contribution is 5.92. The van der Waals surface area contributed by atoms with Gasteiger partial charge in [0.05, 0.1) is 48.3 Å². The number of carboxylic acids is 1. The van der Waals surface area contributed by atoms with Crippen LogP contribution in [0.2, 0.25) is 0 Å². The number of aliphatic carboxylic acids is 1. The lowest BCUT2D eigenvalue weighted by molar-refractivity contribution is -0.843. The largest absolute Gasteiger partial charge is 0.478 e. The van der Waals surface area contributed by atoms with Crippen molar-refractivity contribution in [3.05, 3.63) is 58.7 Å². The van der Waals surface area contributed by atoms with Crippen molar-refractivity contribution >= 4 is 17.9 Å². The van der Waals surface area contributed by atoms with Crippen LogP contribution in [0.15, 0.2) is 63.7 Å². The normalized spacial score (nSPS) is 30.6. The maximum Gasteiger partial charge on any atom is 0.339 e.